The summed E-state index contributed by atoms with van der Waals surface area (Å²) in [4.78, 5) is 0. The van der Waals surface area contributed by atoms with E-state index in [4.69, 9.17) is 11.6 Å². The molecular weight excluding hydrogens is 237 g/mol. The van der Waals surface area contributed by atoms with E-state index in [-0.39, 0.29) is 10.8 Å². The van der Waals surface area contributed by atoms with Gasteiger partial charge in [-0.2, -0.15) is 0 Å². The first kappa shape index (κ1) is 14.2. The minimum Gasteiger partial charge on any atom is -0.313 e. The first-order chi connectivity index (χ1) is 8.17. The third-order valence-electron chi connectivity index (χ3n) is 2.55. The van der Waals surface area contributed by atoms with Gasteiger partial charge in [0.15, 0.2) is 0 Å². The summed E-state index contributed by atoms with van der Waals surface area (Å²) < 4.78 is 13.3. The summed E-state index contributed by atoms with van der Waals surface area (Å²) in [6, 6.07) is 4.90. The molecule has 1 aromatic carbocycles. The Hall–Kier alpha value is -0.860. The quantitative estimate of drug-likeness (QED) is 0.749. The smallest absolute Gasteiger partial charge is 0.142 e. The molecule has 0 saturated heterocycles. The van der Waals surface area contributed by atoms with Crippen molar-refractivity contribution < 1.29 is 4.39 Å². The first-order valence-corrected chi connectivity index (χ1v) is 6.40. The Morgan fingerprint density at radius 3 is 2.76 bits per heavy atom. The number of rotatable bonds is 6. The summed E-state index contributed by atoms with van der Waals surface area (Å²) in [6.07, 6.45) is 4.09. The molecule has 1 aromatic rings. The lowest BCUT2D eigenvalue weighted by Crippen LogP contribution is -2.17. The molecule has 0 aliphatic rings. The van der Waals surface area contributed by atoms with Crippen molar-refractivity contribution in [2.45, 2.75) is 26.7 Å². The predicted molar refractivity (Wildman–Crippen MR) is 72.8 cm³/mol. The van der Waals surface area contributed by atoms with Crippen molar-refractivity contribution in [2.75, 3.05) is 13.1 Å². The van der Waals surface area contributed by atoms with E-state index in [9.17, 15) is 4.39 Å². The molecule has 94 valence electrons. The van der Waals surface area contributed by atoms with Crippen LogP contribution in [0, 0.1) is 5.82 Å². The Kier molecular flexibility index (Phi) is 6.23. The Morgan fingerprint density at radius 1 is 1.41 bits per heavy atom. The van der Waals surface area contributed by atoms with Gasteiger partial charge in [0.2, 0.25) is 0 Å². The molecule has 1 nitrogen and oxygen atoms in total. The fourth-order valence-corrected chi connectivity index (χ4v) is 1.66. The highest BCUT2D eigenvalue weighted by atomic mass is 35.5. The molecule has 1 rings (SSSR count). The summed E-state index contributed by atoms with van der Waals surface area (Å²) in [7, 11) is 0. The molecule has 0 spiro atoms. The van der Waals surface area contributed by atoms with Gasteiger partial charge in [-0.25, -0.2) is 4.39 Å². The maximum Gasteiger partial charge on any atom is 0.142 e. The molecule has 0 aliphatic heterocycles. The fourth-order valence-electron chi connectivity index (χ4n) is 1.54. The van der Waals surface area contributed by atoms with Crippen LogP contribution in [0.15, 0.2) is 23.8 Å². The second-order valence-corrected chi connectivity index (χ2v) is 4.41. The van der Waals surface area contributed by atoms with Crippen molar-refractivity contribution in [1.29, 1.82) is 0 Å². The van der Waals surface area contributed by atoms with Crippen LogP contribution in [0.2, 0.25) is 5.02 Å². The largest absolute Gasteiger partial charge is 0.313 e. The second-order valence-electron chi connectivity index (χ2n) is 4.01. The van der Waals surface area contributed by atoms with Gasteiger partial charge < -0.3 is 5.32 Å². The first-order valence-electron chi connectivity index (χ1n) is 6.02. The second kappa shape index (κ2) is 7.46. The SMILES string of the molecule is CCCNCC(=Cc1ccc(Cl)c(F)c1)CC. The molecule has 0 atom stereocenters. The highest BCUT2D eigenvalue weighted by Gasteiger charge is 2.00. The maximum atomic E-state index is 13.3. The molecule has 0 fully saturated rings. The monoisotopic (exact) mass is 255 g/mol. The number of hydrogen-bond acceptors (Lipinski definition) is 1. The average molecular weight is 256 g/mol. The van der Waals surface area contributed by atoms with Crippen LogP contribution in [0.5, 0.6) is 0 Å². The van der Waals surface area contributed by atoms with E-state index in [1.807, 2.05) is 12.1 Å². The van der Waals surface area contributed by atoms with E-state index in [1.54, 1.807) is 6.07 Å². The molecule has 0 radical (unpaired) electrons. The summed E-state index contributed by atoms with van der Waals surface area (Å²) >= 11 is 5.65. The van der Waals surface area contributed by atoms with Gasteiger partial charge in [0, 0.05) is 6.54 Å². The van der Waals surface area contributed by atoms with Gasteiger partial charge in [-0.15, -0.1) is 0 Å². The number of benzene rings is 1. The molecule has 0 saturated carbocycles. The molecule has 0 aliphatic carbocycles. The van der Waals surface area contributed by atoms with E-state index < -0.39 is 0 Å². The minimum atomic E-state index is -0.364. The Balaban J connectivity index is 2.72. The van der Waals surface area contributed by atoms with Gasteiger partial charge in [-0.05, 0) is 37.1 Å². The molecule has 0 bridgehead atoms. The number of halogens is 2. The van der Waals surface area contributed by atoms with Gasteiger partial charge in [0.05, 0.1) is 5.02 Å². The van der Waals surface area contributed by atoms with Gasteiger partial charge in [-0.3, -0.25) is 0 Å². The highest BCUT2D eigenvalue weighted by molar-refractivity contribution is 6.30. The highest BCUT2D eigenvalue weighted by Crippen LogP contribution is 2.18. The van der Waals surface area contributed by atoms with Gasteiger partial charge in [0.1, 0.15) is 5.82 Å². The van der Waals surface area contributed by atoms with E-state index in [0.29, 0.717) is 0 Å². The van der Waals surface area contributed by atoms with Crippen LogP contribution in [0.1, 0.15) is 32.3 Å². The van der Waals surface area contributed by atoms with Crippen LogP contribution in [-0.2, 0) is 0 Å². The van der Waals surface area contributed by atoms with Crippen LogP contribution >= 0.6 is 11.6 Å². The van der Waals surface area contributed by atoms with Gasteiger partial charge in [0.25, 0.3) is 0 Å². The molecule has 0 amide bonds. The van der Waals surface area contributed by atoms with Crippen LogP contribution in [0.4, 0.5) is 4.39 Å². The van der Waals surface area contributed by atoms with Crippen molar-refractivity contribution in [2.24, 2.45) is 0 Å². The summed E-state index contributed by atoms with van der Waals surface area (Å²) in [6.45, 7) is 6.10. The number of nitrogens with one attached hydrogen (secondary N) is 1. The molecule has 0 aromatic heterocycles. The average Bonchev–Trinajstić information content (AvgIpc) is 2.32. The van der Waals surface area contributed by atoms with Crippen LogP contribution < -0.4 is 5.32 Å². The molecule has 1 N–H and O–H groups in total. The molecule has 0 unspecified atom stereocenters. The van der Waals surface area contributed by atoms with Crippen LogP contribution in [-0.4, -0.2) is 13.1 Å². The van der Waals surface area contributed by atoms with Crippen molar-refractivity contribution in [3.63, 3.8) is 0 Å². The topological polar surface area (TPSA) is 12.0 Å². The van der Waals surface area contributed by atoms with Crippen molar-refractivity contribution >= 4 is 17.7 Å². The zero-order valence-electron chi connectivity index (χ0n) is 10.4. The zero-order chi connectivity index (χ0) is 12.7. The van der Waals surface area contributed by atoms with E-state index in [1.165, 1.54) is 11.6 Å². The minimum absolute atomic E-state index is 0.171. The third-order valence-corrected chi connectivity index (χ3v) is 2.85. The van der Waals surface area contributed by atoms with Crippen LogP contribution in [0.25, 0.3) is 6.08 Å². The summed E-state index contributed by atoms with van der Waals surface area (Å²) in [5.41, 5.74) is 2.13. The lowest BCUT2D eigenvalue weighted by molar-refractivity contribution is 0.628. The van der Waals surface area contributed by atoms with Gasteiger partial charge in [-0.1, -0.05) is 43.2 Å². The van der Waals surface area contributed by atoms with Crippen molar-refractivity contribution in [3.05, 3.63) is 40.2 Å². The zero-order valence-corrected chi connectivity index (χ0v) is 11.1. The lowest BCUT2D eigenvalue weighted by Gasteiger charge is -2.06. The Bertz CT molecular complexity index is 388. The number of hydrogen-bond donors (Lipinski definition) is 1. The normalized spacial score (nSPS) is 11.9. The molecule has 0 heterocycles. The standard InChI is InChI=1S/C14H19ClFN/c1-3-7-17-10-11(4-2)8-12-5-6-13(15)14(16)9-12/h5-6,8-9,17H,3-4,7,10H2,1-2H3. The third kappa shape index (κ3) is 4.88. The fraction of sp³-hybridized carbons (Fsp3) is 0.429. The lowest BCUT2D eigenvalue weighted by atomic mass is 10.1. The van der Waals surface area contributed by atoms with Crippen LogP contribution in [0.3, 0.4) is 0 Å². The molecule has 3 heteroatoms. The molecule has 17 heavy (non-hydrogen) atoms. The van der Waals surface area contributed by atoms with E-state index in [2.05, 4.69) is 19.2 Å². The van der Waals surface area contributed by atoms with Crippen molar-refractivity contribution in [1.82, 2.24) is 5.32 Å². The Labute approximate surface area is 108 Å². The van der Waals surface area contributed by atoms with E-state index in [0.717, 1.165) is 31.5 Å². The van der Waals surface area contributed by atoms with E-state index >= 15 is 0 Å². The Morgan fingerprint density at radius 2 is 2.18 bits per heavy atom. The van der Waals surface area contributed by atoms with Gasteiger partial charge >= 0.3 is 0 Å². The summed E-state index contributed by atoms with van der Waals surface area (Å²) in [5.74, 6) is -0.364. The maximum absolute atomic E-state index is 13.3. The van der Waals surface area contributed by atoms with Crippen molar-refractivity contribution in [3.8, 4) is 0 Å². The molecular formula is C14H19ClFN. The summed E-state index contributed by atoms with van der Waals surface area (Å²) in [5, 5.41) is 3.51. The predicted octanol–water partition coefficient (Wildman–Crippen LogP) is 4.27.